The number of nitrogens with zero attached hydrogens (tertiary/aromatic N) is 1. The van der Waals surface area contributed by atoms with Crippen molar-refractivity contribution >= 4 is 28.2 Å². The number of hydrogen-bond acceptors (Lipinski definition) is 4. The quantitative estimate of drug-likeness (QED) is 0.875. The van der Waals surface area contributed by atoms with Crippen molar-refractivity contribution in [2.24, 2.45) is 17.8 Å². The molecule has 128 valence electrons. The average Bonchev–Trinajstić information content (AvgIpc) is 2.90. The zero-order valence-corrected chi connectivity index (χ0v) is 14.6. The number of aliphatic carboxylic acids is 1. The summed E-state index contributed by atoms with van der Waals surface area (Å²) in [5.74, 6) is -1.65. The minimum Gasteiger partial charge on any atom is -0.481 e. The van der Waals surface area contributed by atoms with Crippen molar-refractivity contribution in [3.05, 3.63) is 16.0 Å². The van der Waals surface area contributed by atoms with Gasteiger partial charge in [0, 0.05) is 4.88 Å². The number of thiophene rings is 1. The molecule has 2 N–H and O–H groups in total. The van der Waals surface area contributed by atoms with Gasteiger partial charge in [0.05, 0.1) is 17.4 Å². The monoisotopic (exact) mass is 346 g/mol. The van der Waals surface area contributed by atoms with Gasteiger partial charge in [0.25, 0.3) is 0 Å². The number of nitriles is 1. The molecule has 0 aromatic carbocycles. The molecule has 0 aliphatic heterocycles. The van der Waals surface area contributed by atoms with Gasteiger partial charge in [-0.3, -0.25) is 9.59 Å². The van der Waals surface area contributed by atoms with Crippen LogP contribution in [-0.4, -0.2) is 17.0 Å². The van der Waals surface area contributed by atoms with Gasteiger partial charge in [-0.2, -0.15) is 5.26 Å². The van der Waals surface area contributed by atoms with E-state index in [1.54, 1.807) is 0 Å². The van der Waals surface area contributed by atoms with Gasteiger partial charge in [-0.15, -0.1) is 11.3 Å². The largest absolute Gasteiger partial charge is 0.481 e. The fourth-order valence-corrected chi connectivity index (χ4v) is 5.27. The third-order valence-corrected chi connectivity index (χ3v) is 6.45. The summed E-state index contributed by atoms with van der Waals surface area (Å²) in [6, 6.07) is 2.24. The Kier molecular flexibility index (Phi) is 4.91. The first-order valence-electron chi connectivity index (χ1n) is 8.59. The van der Waals surface area contributed by atoms with Crippen LogP contribution < -0.4 is 5.32 Å². The molecule has 0 saturated heterocycles. The van der Waals surface area contributed by atoms with Crippen LogP contribution in [-0.2, 0) is 22.4 Å². The predicted molar refractivity (Wildman–Crippen MR) is 91.9 cm³/mol. The molecule has 0 radical (unpaired) electrons. The summed E-state index contributed by atoms with van der Waals surface area (Å²) in [6.07, 6.45) is 5.79. The van der Waals surface area contributed by atoms with Gasteiger partial charge in [-0.1, -0.05) is 19.8 Å². The van der Waals surface area contributed by atoms with Gasteiger partial charge < -0.3 is 10.4 Å². The topological polar surface area (TPSA) is 90.2 Å². The molecule has 2 aliphatic rings. The Labute approximate surface area is 145 Å². The summed E-state index contributed by atoms with van der Waals surface area (Å²) in [5, 5.41) is 22.3. The smallest absolute Gasteiger partial charge is 0.307 e. The summed E-state index contributed by atoms with van der Waals surface area (Å²) in [4.78, 5) is 25.3. The average molecular weight is 346 g/mol. The Morgan fingerprint density at radius 1 is 1.25 bits per heavy atom. The molecule has 1 heterocycles. The number of carbonyl (C=O) groups is 2. The normalized spacial score (nSPS) is 26.2. The van der Waals surface area contributed by atoms with Crippen LogP contribution in [0.1, 0.15) is 55.0 Å². The third kappa shape index (κ3) is 3.18. The van der Waals surface area contributed by atoms with E-state index in [2.05, 4.69) is 18.3 Å². The Balaban J connectivity index is 1.82. The van der Waals surface area contributed by atoms with Crippen molar-refractivity contribution in [3.63, 3.8) is 0 Å². The molecule has 3 atom stereocenters. The van der Waals surface area contributed by atoms with Crippen molar-refractivity contribution in [2.45, 2.75) is 51.9 Å². The number of rotatable bonds is 3. The molecular weight excluding hydrogens is 324 g/mol. The van der Waals surface area contributed by atoms with E-state index in [-0.39, 0.29) is 5.91 Å². The van der Waals surface area contributed by atoms with Crippen LogP contribution in [0.5, 0.6) is 0 Å². The van der Waals surface area contributed by atoms with Gasteiger partial charge in [-0.25, -0.2) is 0 Å². The number of hydrogen-bond donors (Lipinski definition) is 2. The maximum Gasteiger partial charge on any atom is 0.307 e. The van der Waals surface area contributed by atoms with Crippen molar-refractivity contribution in [2.75, 3.05) is 5.32 Å². The van der Waals surface area contributed by atoms with Crippen molar-refractivity contribution in [1.82, 2.24) is 0 Å². The maximum atomic E-state index is 12.7. The molecule has 3 rings (SSSR count). The Hall–Kier alpha value is -1.87. The summed E-state index contributed by atoms with van der Waals surface area (Å²) in [6.45, 7) is 2.20. The lowest BCUT2D eigenvalue weighted by Crippen LogP contribution is -2.36. The van der Waals surface area contributed by atoms with Crippen LogP contribution in [0.2, 0.25) is 0 Å². The lowest BCUT2D eigenvalue weighted by Gasteiger charge is -2.27. The molecule has 1 amide bonds. The standard InChI is InChI=1S/C18H22N2O3S/c1-10-6-7-11-14(9-19)17(24-15(11)8-10)20-16(21)12-4-2-3-5-13(12)18(22)23/h10,12-13H,2-8H2,1H3,(H,20,21)(H,22,23)/t10-,12-,13-/m0/s1. The molecular formula is C18H22N2O3S. The number of carbonyl (C=O) groups excluding carboxylic acids is 1. The van der Waals surface area contributed by atoms with Crippen LogP contribution >= 0.6 is 11.3 Å². The fourth-order valence-electron chi connectivity index (χ4n) is 3.90. The highest BCUT2D eigenvalue weighted by molar-refractivity contribution is 7.16. The zero-order valence-electron chi connectivity index (χ0n) is 13.8. The first kappa shape index (κ1) is 17.0. The minimum atomic E-state index is -0.894. The molecule has 0 spiro atoms. The predicted octanol–water partition coefficient (Wildman–Crippen LogP) is 3.57. The summed E-state index contributed by atoms with van der Waals surface area (Å²) >= 11 is 1.49. The first-order valence-corrected chi connectivity index (χ1v) is 9.41. The highest BCUT2D eigenvalue weighted by Crippen LogP contribution is 2.40. The second-order valence-corrected chi connectivity index (χ2v) is 8.10. The third-order valence-electron chi connectivity index (χ3n) is 5.28. The van der Waals surface area contributed by atoms with Crippen LogP contribution in [0, 0.1) is 29.1 Å². The van der Waals surface area contributed by atoms with Gasteiger partial charge >= 0.3 is 5.97 Å². The SMILES string of the molecule is C[C@H]1CCc2c(sc(NC(=O)[C@H]3CCCC[C@@H]3C(=O)O)c2C#N)C1. The van der Waals surface area contributed by atoms with E-state index >= 15 is 0 Å². The van der Waals surface area contributed by atoms with E-state index in [9.17, 15) is 20.0 Å². The molecule has 1 aromatic heterocycles. The van der Waals surface area contributed by atoms with E-state index in [1.807, 2.05) is 0 Å². The van der Waals surface area contributed by atoms with E-state index in [0.717, 1.165) is 37.7 Å². The molecule has 0 unspecified atom stereocenters. The second-order valence-electron chi connectivity index (χ2n) is 6.99. The van der Waals surface area contributed by atoms with E-state index in [0.29, 0.717) is 29.3 Å². The van der Waals surface area contributed by atoms with Crippen LogP contribution in [0.15, 0.2) is 0 Å². The second kappa shape index (κ2) is 6.94. The molecule has 6 heteroatoms. The van der Waals surface area contributed by atoms with Crippen molar-refractivity contribution in [3.8, 4) is 6.07 Å². The van der Waals surface area contributed by atoms with Crippen LogP contribution in [0.25, 0.3) is 0 Å². The van der Waals surface area contributed by atoms with Crippen molar-refractivity contribution < 1.29 is 14.7 Å². The number of anilines is 1. The summed E-state index contributed by atoms with van der Waals surface area (Å²) in [7, 11) is 0. The molecule has 0 bridgehead atoms. The number of nitrogens with one attached hydrogen (secondary N) is 1. The lowest BCUT2D eigenvalue weighted by atomic mass is 9.78. The van der Waals surface area contributed by atoms with Gasteiger partial charge in [-0.05, 0) is 43.6 Å². The Bertz CT molecular complexity index is 704. The number of carboxylic acid groups (broad SMARTS) is 1. The zero-order chi connectivity index (χ0) is 17.3. The van der Waals surface area contributed by atoms with E-state index in [4.69, 9.17) is 0 Å². The Morgan fingerprint density at radius 3 is 2.62 bits per heavy atom. The molecule has 5 nitrogen and oxygen atoms in total. The van der Waals surface area contributed by atoms with E-state index in [1.165, 1.54) is 16.2 Å². The number of carboxylic acids is 1. The van der Waals surface area contributed by atoms with Gasteiger partial charge in [0.15, 0.2) is 0 Å². The fraction of sp³-hybridized carbons (Fsp3) is 0.611. The first-order chi connectivity index (χ1) is 11.5. The number of amides is 1. The molecule has 24 heavy (non-hydrogen) atoms. The van der Waals surface area contributed by atoms with Crippen LogP contribution in [0.4, 0.5) is 5.00 Å². The minimum absolute atomic E-state index is 0.245. The lowest BCUT2D eigenvalue weighted by molar-refractivity contribution is -0.147. The summed E-state index contributed by atoms with van der Waals surface area (Å²) < 4.78 is 0. The molecule has 2 aliphatic carbocycles. The molecule has 1 saturated carbocycles. The number of fused-ring (bicyclic) bond motifs is 1. The maximum absolute atomic E-state index is 12.7. The highest BCUT2D eigenvalue weighted by Gasteiger charge is 2.36. The Morgan fingerprint density at radius 2 is 1.96 bits per heavy atom. The molecule has 1 fully saturated rings. The highest BCUT2D eigenvalue weighted by atomic mass is 32.1. The van der Waals surface area contributed by atoms with Gasteiger partial charge in [0.1, 0.15) is 11.1 Å². The van der Waals surface area contributed by atoms with E-state index < -0.39 is 17.8 Å². The van der Waals surface area contributed by atoms with Crippen LogP contribution in [0.3, 0.4) is 0 Å². The van der Waals surface area contributed by atoms with Crippen molar-refractivity contribution in [1.29, 1.82) is 5.26 Å². The summed E-state index contributed by atoms with van der Waals surface area (Å²) in [5.41, 5.74) is 1.66. The molecule has 1 aromatic rings. The van der Waals surface area contributed by atoms with Gasteiger partial charge in [0.2, 0.25) is 5.91 Å².